The van der Waals surface area contributed by atoms with Gasteiger partial charge in [0, 0.05) is 19.1 Å². The van der Waals surface area contributed by atoms with E-state index < -0.39 is 15.8 Å². The smallest absolute Gasteiger partial charge is 0.246 e. The van der Waals surface area contributed by atoms with Gasteiger partial charge in [-0.05, 0) is 25.0 Å². The van der Waals surface area contributed by atoms with E-state index in [0.717, 1.165) is 25.3 Å². The second-order valence-corrected chi connectivity index (χ2v) is 6.29. The second kappa shape index (κ2) is 6.65. The first-order valence-corrected chi connectivity index (χ1v) is 7.48. The molecular formula is C12H18ClFN2O2S. The average Bonchev–Trinajstić information content (AvgIpc) is 2.39. The minimum Gasteiger partial charge on any atom is -0.329 e. The Morgan fingerprint density at radius 3 is 2.63 bits per heavy atom. The summed E-state index contributed by atoms with van der Waals surface area (Å²) in [6, 6.07) is 5.24. The molecule has 1 aromatic carbocycles. The molecule has 0 bridgehead atoms. The fourth-order valence-corrected chi connectivity index (χ4v) is 4.08. The molecule has 4 nitrogen and oxygen atoms in total. The van der Waals surface area contributed by atoms with Crippen LogP contribution in [0.4, 0.5) is 4.39 Å². The van der Waals surface area contributed by atoms with Crippen LogP contribution in [0.2, 0.25) is 0 Å². The van der Waals surface area contributed by atoms with Crippen LogP contribution in [0, 0.1) is 5.82 Å². The molecule has 1 heterocycles. The monoisotopic (exact) mass is 308 g/mol. The predicted molar refractivity (Wildman–Crippen MR) is 74.2 cm³/mol. The molecule has 1 fully saturated rings. The first-order chi connectivity index (χ1) is 8.57. The quantitative estimate of drug-likeness (QED) is 0.925. The fourth-order valence-electron chi connectivity index (χ4n) is 2.31. The molecule has 19 heavy (non-hydrogen) atoms. The Bertz CT molecular complexity index is 524. The number of nitrogens with two attached hydrogens (primary N) is 1. The van der Waals surface area contributed by atoms with E-state index in [1.807, 2.05) is 0 Å². The zero-order valence-corrected chi connectivity index (χ0v) is 12.1. The van der Waals surface area contributed by atoms with E-state index in [0.29, 0.717) is 6.54 Å². The van der Waals surface area contributed by atoms with E-state index >= 15 is 0 Å². The maximum Gasteiger partial charge on any atom is 0.246 e. The van der Waals surface area contributed by atoms with Gasteiger partial charge in [0.25, 0.3) is 0 Å². The third-order valence-corrected chi connectivity index (χ3v) is 5.25. The molecule has 1 atom stereocenters. The lowest BCUT2D eigenvalue weighted by molar-refractivity contribution is 0.257. The summed E-state index contributed by atoms with van der Waals surface area (Å²) in [5, 5.41) is 0. The van der Waals surface area contributed by atoms with Crippen LogP contribution in [0.5, 0.6) is 0 Å². The van der Waals surface area contributed by atoms with Crippen molar-refractivity contribution >= 4 is 22.4 Å². The number of benzene rings is 1. The summed E-state index contributed by atoms with van der Waals surface area (Å²) in [6.07, 6.45) is 2.50. The highest BCUT2D eigenvalue weighted by Gasteiger charge is 2.34. The number of halogens is 2. The third-order valence-electron chi connectivity index (χ3n) is 3.27. The summed E-state index contributed by atoms with van der Waals surface area (Å²) in [5.74, 6) is -0.709. The van der Waals surface area contributed by atoms with E-state index in [4.69, 9.17) is 5.73 Å². The van der Waals surface area contributed by atoms with Gasteiger partial charge in [0.05, 0.1) is 0 Å². The lowest BCUT2D eigenvalue weighted by Gasteiger charge is -2.33. The molecule has 1 aromatic rings. The number of rotatable bonds is 3. The third kappa shape index (κ3) is 3.25. The molecule has 0 saturated carbocycles. The number of hydrogen-bond donors (Lipinski definition) is 1. The van der Waals surface area contributed by atoms with Gasteiger partial charge in [0.15, 0.2) is 0 Å². The van der Waals surface area contributed by atoms with Gasteiger partial charge in [-0.3, -0.25) is 0 Å². The SMILES string of the molecule is Cl.NCC1CCCCN1S(=O)(=O)c1ccccc1F. The van der Waals surface area contributed by atoms with Crippen molar-refractivity contribution in [1.82, 2.24) is 4.31 Å². The normalized spacial score (nSPS) is 20.8. The minimum absolute atomic E-state index is 0. The van der Waals surface area contributed by atoms with Crippen molar-refractivity contribution in [2.24, 2.45) is 5.73 Å². The Labute approximate surface area is 119 Å². The molecule has 0 aromatic heterocycles. The van der Waals surface area contributed by atoms with Crippen LogP contribution < -0.4 is 5.73 Å². The highest BCUT2D eigenvalue weighted by molar-refractivity contribution is 7.89. The Morgan fingerprint density at radius 2 is 2.00 bits per heavy atom. The lowest BCUT2D eigenvalue weighted by atomic mass is 10.1. The van der Waals surface area contributed by atoms with Gasteiger partial charge in [-0.25, -0.2) is 12.8 Å². The molecule has 1 aliphatic rings. The van der Waals surface area contributed by atoms with Crippen LogP contribution in [0.15, 0.2) is 29.2 Å². The van der Waals surface area contributed by atoms with Crippen molar-refractivity contribution in [1.29, 1.82) is 0 Å². The summed E-state index contributed by atoms with van der Waals surface area (Å²) < 4.78 is 39.8. The van der Waals surface area contributed by atoms with E-state index in [1.165, 1.54) is 22.5 Å². The molecule has 2 rings (SSSR count). The van der Waals surface area contributed by atoms with Crippen LogP contribution in [0.3, 0.4) is 0 Å². The van der Waals surface area contributed by atoms with Gasteiger partial charge in [-0.2, -0.15) is 4.31 Å². The van der Waals surface area contributed by atoms with Crippen LogP contribution in [0.1, 0.15) is 19.3 Å². The summed E-state index contributed by atoms with van der Waals surface area (Å²) in [7, 11) is -3.78. The van der Waals surface area contributed by atoms with Gasteiger partial charge in [0.1, 0.15) is 10.7 Å². The molecule has 1 saturated heterocycles. The van der Waals surface area contributed by atoms with E-state index in [2.05, 4.69) is 0 Å². The van der Waals surface area contributed by atoms with E-state index in [1.54, 1.807) is 0 Å². The maximum atomic E-state index is 13.6. The minimum atomic E-state index is -3.78. The van der Waals surface area contributed by atoms with Crippen LogP contribution in [0.25, 0.3) is 0 Å². The van der Waals surface area contributed by atoms with Gasteiger partial charge in [-0.1, -0.05) is 18.6 Å². The van der Waals surface area contributed by atoms with Crippen molar-refractivity contribution in [3.8, 4) is 0 Å². The van der Waals surface area contributed by atoms with Crippen molar-refractivity contribution in [3.63, 3.8) is 0 Å². The molecule has 1 aliphatic heterocycles. The zero-order chi connectivity index (χ0) is 13.2. The van der Waals surface area contributed by atoms with Crippen molar-refractivity contribution in [3.05, 3.63) is 30.1 Å². The molecule has 2 N–H and O–H groups in total. The lowest BCUT2D eigenvalue weighted by Crippen LogP contribution is -2.47. The fraction of sp³-hybridized carbons (Fsp3) is 0.500. The maximum absolute atomic E-state index is 13.6. The highest BCUT2D eigenvalue weighted by Crippen LogP contribution is 2.26. The van der Waals surface area contributed by atoms with Gasteiger partial charge in [0.2, 0.25) is 10.0 Å². The molecule has 0 radical (unpaired) electrons. The summed E-state index contributed by atoms with van der Waals surface area (Å²) in [6.45, 7) is 0.687. The molecule has 108 valence electrons. The molecule has 7 heteroatoms. The number of sulfonamides is 1. The number of hydrogen-bond acceptors (Lipinski definition) is 3. The van der Waals surface area contributed by atoms with Crippen LogP contribution in [-0.2, 0) is 10.0 Å². The van der Waals surface area contributed by atoms with Crippen molar-refractivity contribution in [2.45, 2.75) is 30.2 Å². The van der Waals surface area contributed by atoms with Gasteiger partial charge < -0.3 is 5.73 Å². The predicted octanol–water partition coefficient (Wildman–Crippen LogP) is 1.75. The van der Waals surface area contributed by atoms with E-state index in [-0.39, 0.29) is 29.9 Å². The molecular weight excluding hydrogens is 291 g/mol. The molecule has 0 amide bonds. The Morgan fingerprint density at radius 1 is 1.32 bits per heavy atom. The van der Waals surface area contributed by atoms with Crippen molar-refractivity contribution < 1.29 is 12.8 Å². The van der Waals surface area contributed by atoms with Gasteiger partial charge >= 0.3 is 0 Å². The Hall–Kier alpha value is -0.690. The summed E-state index contributed by atoms with van der Waals surface area (Å²) >= 11 is 0. The van der Waals surface area contributed by atoms with Crippen molar-refractivity contribution in [2.75, 3.05) is 13.1 Å². The average molecular weight is 309 g/mol. The van der Waals surface area contributed by atoms with Crippen LogP contribution >= 0.6 is 12.4 Å². The molecule has 0 aliphatic carbocycles. The summed E-state index contributed by atoms with van der Waals surface area (Å²) in [5.41, 5.74) is 5.61. The van der Waals surface area contributed by atoms with Gasteiger partial charge in [-0.15, -0.1) is 12.4 Å². The van der Waals surface area contributed by atoms with Crippen LogP contribution in [-0.4, -0.2) is 31.9 Å². The second-order valence-electron chi connectivity index (χ2n) is 4.43. The largest absolute Gasteiger partial charge is 0.329 e. The first kappa shape index (κ1) is 16.4. The molecule has 0 spiro atoms. The zero-order valence-electron chi connectivity index (χ0n) is 10.5. The molecule has 1 unspecified atom stereocenters. The number of nitrogens with zero attached hydrogens (tertiary/aromatic N) is 1. The number of piperidine rings is 1. The first-order valence-electron chi connectivity index (χ1n) is 6.04. The standard InChI is InChI=1S/C12H17FN2O2S.ClH/c13-11-6-1-2-7-12(11)18(16,17)15-8-4-3-5-10(15)9-14;/h1-2,6-7,10H,3-5,8-9,14H2;1H. The Balaban J connectivity index is 0.00000180. The Kier molecular flexibility index (Phi) is 5.73. The topological polar surface area (TPSA) is 63.4 Å². The highest BCUT2D eigenvalue weighted by atomic mass is 35.5. The van der Waals surface area contributed by atoms with E-state index in [9.17, 15) is 12.8 Å². The summed E-state index contributed by atoms with van der Waals surface area (Å²) in [4.78, 5) is -0.259.